The van der Waals surface area contributed by atoms with E-state index in [1.807, 2.05) is 0 Å². The van der Waals surface area contributed by atoms with Crippen LogP contribution in [0.25, 0.3) is 0 Å². The normalized spacial score (nSPS) is 38.2. The summed E-state index contributed by atoms with van der Waals surface area (Å²) >= 11 is 0. The third-order valence-corrected chi connectivity index (χ3v) is 4.52. The zero-order valence-electron chi connectivity index (χ0n) is 10.9. The largest absolute Gasteiger partial charge is 0.381 e. The van der Waals surface area contributed by atoms with E-state index >= 15 is 0 Å². The first-order valence-corrected chi connectivity index (χ1v) is 7.06. The maximum atomic E-state index is 5.64. The van der Waals surface area contributed by atoms with Gasteiger partial charge in [0.2, 0.25) is 0 Å². The second kappa shape index (κ2) is 6.02. The third-order valence-electron chi connectivity index (χ3n) is 4.52. The fourth-order valence-corrected chi connectivity index (χ4v) is 3.71. The number of ether oxygens (including phenoxy) is 1. The summed E-state index contributed by atoms with van der Waals surface area (Å²) in [5.74, 6) is 2.58. The first-order chi connectivity index (χ1) is 7.81. The number of hydrogen-bond acceptors (Lipinski definition) is 2. The molecule has 2 fully saturated rings. The Kier molecular flexibility index (Phi) is 4.66. The van der Waals surface area contributed by atoms with Crippen LogP contribution in [0.3, 0.4) is 0 Å². The second-order valence-corrected chi connectivity index (χ2v) is 5.82. The summed E-state index contributed by atoms with van der Waals surface area (Å²) in [6.45, 7) is 4.38. The highest BCUT2D eigenvalue weighted by Gasteiger charge is 2.32. The molecule has 94 valence electrons. The maximum absolute atomic E-state index is 5.64. The highest BCUT2D eigenvalue weighted by atomic mass is 16.5. The predicted molar refractivity (Wildman–Crippen MR) is 67.5 cm³/mol. The molecule has 1 N–H and O–H groups in total. The van der Waals surface area contributed by atoms with Crippen molar-refractivity contribution in [2.75, 3.05) is 20.3 Å². The Morgan fingerprint density at radius 2 is 1.94 bits per heavy atom. The van der Waals surface area contributed by atoms with Crippen molar-refractivity contribution in [3.05, 3.63) is 0 Å². The Bertz CT molecular complexity index is 201. The van der Waals surface area contributed by atoms with Gasteiger partial charge in [0.1, 0.15) is 0 Å². The minimum atomic E-state index is 0.697. The molecule has 2 nitrogen and oxygen atoms in total. The third kappa shape index (κ3) is 2.98. The van der Waals surface area contributed by atoms with Crippen LogP contribution in [-0.2, 0) is 4.74 Å². The quantitative estimate of drug-likeness (QED) is 0.797. The molecule has 1 aliphatic heterocycles. The van der Waals surface area contributed by atoms with Gasteiger partial charge in [0.25, 0.3) is 0 Å². The van der Waals surface area contributed by atoms with Gasteiger partial charge >= 0.3 is 0 Å². The van der Waals surface area contributed by atoms with Gasteiger partial charge in [0.05, 0.1) is 6.61 Å². The van der Waals surface area contributed by atoms with Crippen LogP contribution < -0.4 is 5.32 Å². The molecule has 0 bridgehead atoms. The van der Waals surface area contributed by atoms with Crippen molar-refractivity contribution >= 4 is 0 Å². The smallest absolute Gasteiger partial charge is 0.0509 e. The van der Waals surface area contributed by atoms with E-state index in [-0.39, 0.29) is 0 Å². The second-order valence-electron chi connectivity index (χ2n) is 5.82. The molecule has 1 saturated heterocycles. The van der Waals surface area contributed by atoms with Gasteiger partial charge in [0, 0.05) is 12.6 Å². The van der Waals surface area contributed by atoms with Crippen molar-refractivity contribution in [1.29, 1.82) is 0 Å². The molecule has 2 heteroatoms. The van der Waals surface area contributed by atoms with Gasteiger partial charge in [-0.05, 0) is 50.5 Å². The summed E-state index contributed by atoms with van der Waals surface area (Å²) in [5.41, 5.74) is 0. The van der Waals surface area contributed by atoms with Gasteiger partial charge in [-0.2, -0.15) is 0 Å². The van der Waals surface area contributed by atoms with E-state index in [9.17, 15) is 0 Å². The van der Waals surface area contributed by atoms with Crippen LogP contribution in [0.1, 0.15) is 45.4 Å². The highest BCUT2D eigenvalue weighted by molar-refractivity contribution is 4.86. The Morgan fingerprint density at radius 3 is 2.56 bits per heavy atom. The fourth-order valence-electron chi connectivity index (χ4n) is 3.71. The molecule has 1 saturated carbocycles. The van der Waals surface area contributed by atoms with Crippen LogP contribution in [0.5, 0.6) is 0 Å². The molecule has 0 amide bonds. The van der Waals surface area contributed by atoms with Gasteiger partial charge in [-0.1, -0.05) is 19.8 Å². The Labute approximate surface area is 100 Å². The molecule has 0 aromatic carbocycles. The summed E-state index contributed by atoms with van der Waals surface area (Å²) in [4.78, 5) is 0. The minimum absolute atomic E-state index is 0.697. The summed E-state index contributed by atoms with van der Waals surface area (Å²) in [6, 6.07) is 0.697. The van der Waals surface area contributed by atoms with Gasteiger partial charge < -0.3 is 10.1 Å². The van der Waals surface area contributed by atoms with Crippen molar-refractivity contribution < 1.29 is 4.74 Å². The molecule has 16 heavy (non-hydrogen) atoms. The molecule has 0 spiro atoms. The van der Waals surface area contributed by atoms with Gasteiger partial charge in [-0.3, -0.25) is 0 Å². The van der Waals surface area contributed by atoms with E-state index in [0.29, 0.717) is 6.04 Å². The van der Waals surface area contributed by atoms with E-state index in [1.54, 1.807) is 0 Å². The highest BCUT2D eigenvalue weighted by Crippen LogP contribution is 2.34. The van der Waals surface area contributed by atoms with E-state index in [2.05, 4.69) is 19.3 Å². The number of rotatable bonds is 3. The van der Waals surface area contributed by atoms with Gasteiger partial charge in [-0.15, -0.1) is 0 Å². The molecule has 2 rings (SSSR count). The summed E-state index contributed by atoms with van der Waals surface area (Å²) in [7, 11) is 2.14. The topological polar surface area (TPSA) is 21.3 Å². The molecular formula is C14H27NO. The zero-order valence-corrected chi connectivity index (χ0v) is 10.9. The number of hydrogen-bond donors (Lipinski definition) is 1. The first kappa shape index (κ1) is 12.4. The average molecular weight is 225 g/mol. The summed E-state index contributed by atoms with van der Waals surface area (Å²) in [6.07, 6.45) is 8.32. The van der Waals surface area contributed by atoms with E-state index in [1.165, 1.54) is 38.5 Å². The zero-order chi connectivity index (χ0) is 11.4. The lowest BCUT2D eigenvalue weighted by Gasteiger charge is -2.39. The first-order valence-electron chi connectivity index (χ1n) is 7.06. The van der Waals surface area contributed by atoms with E-state index < -0.39 is 0 Å². The Morgan fingerprint density at radius 1 is 1.12 bits per heavy atom. The standard InChI is InChI=1S/C14H27NO/c1-11-5-3-6-12(9-11)14(15-2)13-7-4-8-16-10-13/h11-15H,3-10H2,1-2H3. The van der Waals surface area contributed by atoms with Crippen LogP contribution in [0.15, 0.2) is 0 Å². The van der Waals surface area contributed by atoms with Crippen LogP contribution in [-0.4, -0.2) is 26.3 Å². The van der Waals surface area contributed by atoms with Gasteiger partial charge in [0.15, 0.2) is 0 Å². The lowest BCUT2D eigenvalue weighted by atomic mass is 9.74. The maximum Gasteiger partial charge on any atom is 0.0509 e. The van der Waals surface area contributed by atoms with E-state index in [0.717, 1.165) is 31.0 Å². The van der Waals surface area contributed by atoms with Gasteiger partial charge in [-0.25, -0.2) is 0 Å². The molecule has 0 radical (unpaired) electrons. The molecule has 1 heterocycles. The molecule has 4 unspecified atom stereocenters. The Balaban J connectivity index is 1.91. The van der Waals surface area contributed by atoms with Crippen molar-refractivity contribution in [3.63, 3.8) is 0 Å². The molecule has 0 aromatic rings. The summed E-state index contributed by atoms with van der Waals surface area (Å²) < 4.78 is 5.64. The van der Waals surface area contributed by atoms with Crippen LogP contribution in [0.2, 0.25) is 0 Å². The molecule has 4 atom stereocenters. The molecule has 0 aromatic heterocycles. The fraction of sp³-hybridized carbons (Fsp3) is 1.00. The molecule has 2 aliphatic rings. The van der Waals surface area contributed by atoms with Crippen molar-refractivity contribution in [1.82, 2.24) is 5.32 Å². The van der Waals surface area contributed by atoms with Crippen molar-refractivity contribution in [3.8, 4) is 0 Å². The average Bonchev–Trinajstić information content (AvgIpc) is 2.31. The summed E-state index contributed by atoms with van der Waals surface area (Å²) in [5, 5.41) is 3.58. The monoisotopic (exact) mass is 225 g/mol. The van der Waals surface area contributed by atoms with Crippen molar-refractivity contribution in [2.45, 2.75) is 51.5 Å². The minimum Gasteiger partial charge on any atom is -0.381 e. The molecule has 1 aliphatic carbocycles. The number of nitrogens with one attached hydrogen (secondary N) is 1. The lowest BCUT2D eigenvalue weighted by Crippen LogP contribution is -2.45. The predicted octanol–water partition coefficient (Wildman–Crippen LogP) is 2.83. The van der Waals surface area contributed by atoms with Crippen molar-refractivity contribution in [2.24, 2.45) is 17.8 Å². The van der Waals surface area contributed by atoms with Crippen LogP contribution in [0, 0.1) is 17.8 Å². The Hall–Kier alpha value is -0.0800. The van der Waals surface area contributed by atoms with Crippen LogP contribution in [0.4, 0.5) is 0 Å². The SMILES string of the molecule is CNC(C1CCCOC1)C1CCCC(C)C1. The van der Waals surface area contributed by atoms with Crippen LogP contribution >= 0.6 is 0 Å². The van der Waals surface area contributed by atoms with E-state index in [4.69, 9.17) is 4.74 Å². The molecular weight excluding hydrogens is 198 g/mol. The lowest BCUT2D eigenvalue weighted by molar-refractivity contribution is 0.0236.